The molecule has 0 unspecified atom stereocenters. The van der Waals surface area contributed by atoms with Crippen LogP contribution in [0.3, 0.4) is 0 Å². The molecular formula is C8H4F3NO2. The molecule has 0 aliphatic heterocycles. The van der Waals surface area contributed by atoms with Gasteiger partial charge in [-0.3, -0.25) is 4.79 Å². The number of nitrogens with zero attached hydrogens (tertiary/aromatic N) is 1. The van der Waals surface area contributed by atoms with E-state index in [1.54, 1.807) is 0 Å². The summed E-state index contributed by atoms with van der Waals surface area (Å²) in [5.41, 5.74) is -1.88. The van der Waals surface area contributed by atoms with Crippen molar-refractivity contribution in [3.63, 3.8) is 0 Å². The monoisotopic (exact) mass is 203 g/mol. The highest BCUT2D eigenvalue weighted by molar-refractivity contribution is 5.96. The lowest BCUT2D eigenvalue weighted by molar-refractivity contribution is -0.137. The van der Waals surface area contributed by atoms with Crippen molar-refractivity contribution in [1.29, 1.82) is 0 Å². The zero-order valence-electron chi connectivity index (χ0n) is 6.71. The van der Waals surface area contributed by atoms with Gasteiger partial charge >= 0.3 is 12.1 Å². The molecule has 3 nitrogen and oxygen atoms in total. The van der Waals surface area contributed by atoms with Gasteiger partial charge in [0.1, 0.15) is 0 Å². The van der Waals surface area contributed by atoms with Gasteiger partial charge in [-0.1, -0.05) is 12.1 Å². The second-order valence-electron chi connectivity index (χ2n) is 2.44. The topological polar surface area (TPSA) is 46.5 Å². The molecule has 0 fully saturated rings. The van der Waals surface area contributed by atoms with Gasteiger partial charge in [-0.15, -0.1) is 4.91 Å². The molecule has 0 heterocycles. The highest BCUT2D eigenvalue weighted by Gasteiger charge is 2.34. The first-order valence-electron chi connectivity index (χ1n) is 3.50. The van der Waals surface area contributed by atoms with E-state index in [4.69, 9.17) is 0 Å². The lowest BCUT2D eigenvalue weighted by Crippen LogP contribution is -2.11. The molecule has 0 saturated carbocycles. The smallest absolute Gasteiger partial charge is 0.263 e. The number of benzene rings is 1. The summed E-state index contributed by atoms with van der Waals surface area (Å²) < 4.78 is 36.7. The van der Waals surface area contributed by atoms with E-state index in [9.17, 15) is 22.9 Å². The molecule has 0 N–H and O–H groups in total. The number of amides is 1. The predicted molar refractivity (Wildman–Crippen MR) is 41.6 cm³/mol. The van der Waals surface area contributed by atoms with E-state index in [-0.39, 0.29) is 0 Å². The van der Waals surface area contributed by atoms with E-state index in [1.165, 1.54) is 6.07 Å². The number of carbonyl (C=O) groups excluding carboxylic acids is 1. The average Bonchev–Trinajstić information content (AvgIpc) is 2.15. The summed E-state index contributed by atoms with van der Waals surface area (Å²) in [5.74, 6) is -1.42. The first-order valence-corrected chi connectivity index (χ1v) is 3.50. The van der Waals surface area contributed by atoms with Crippen molar-refractivity contribution < 1.29 is 18.0 Å². The highest BCUT2D eigenvalue weighted by Crippen LogP contribution is 2.31. The summed E-state index contributed by atoms with van der Waals surface area (Å²) in [6.07, 6.45) is -4.66. The second-order valence-corrected chi connectivity index (χ2v) is 2.44. The molecule has 14 heavy (non-hydrogen) atoms. The van der Waals surface area contributed by atoms with Crippen LogP contribution < -0.4 is 0 Å². The molecule has 0 spiro atoms. The maximum atomic E-state index is 12.2. The fourth-order valence-electron chi connectivity index (χ4n) is 0.966. The molecule has 1 aromatic rings. The molecule has 0 bridgehead atoms. The summed E-state index contributed by atoms with van der Waals surface area (Å²) in [6, 6.07) is 3.99. The minimum atomic E-state index is -4.66. The molecular weight excluding hydrogens is 199 g/mol. The van der Waals surface area contributed by atoms with Gasteiger partial charge in [-0.05, 0) is 12.1 Å². The van der Waals surface area contributed by atoms with Crippen molar-refractivity contribution >= 4 is 5.91 Å². The third-order valence-corrected chi connectivity index (χ3v) is 1.55. The molecule has 0 saturated heterocycles. The SMILES string of the molecule is O=NC(=O)c1ccccc1C(F)(F)F. The minimum Gasteiger partial charge on any atom is -0.263 e. The summed E-state index contributed by atoms with van der Waals surface area (Å²) in [4.78, 5) is 20.5. The second kappa shape index (κ2) is 3.57. The van der Waals surface area contributed by atoms with Crippen molar-refractivity contribution in [2.45, 2.75) is 6.18 Å². The Hall–Kier alpha value is -1.72. The van der Waals surface area contributed by atoms with Gasteiger partial charge in [0.05, 0.1) is 11.1 Å². The van der Waals surface area contributed by atoms with Crippen LogP contribution in [0.15, 0.2) is 29.4 Å². The minimum absolute atomic E-state index is 0.721. The fourth-order valence-corrected chi connectivity index (χ4v) is 0.966. The quantitative estimate of drug-likeness (QED) is 0.658. The summed E-state index contributed by atoms with van der Waals surface area (Å²) in [5, 5.41) is 1.94. The van der Waals surface area contributed by atoms with Gasteiger partial charge in [0.15, 0.2) is 0 Å². The largest absolute Gasteiger partial charge is 0.417 e. The molecule has 0 aromatic heterocycles. The molecule has 0 aliphatic carbocycles. The normalized spacial score (nSPS) is 11.1. The van der Waals surface area contributed by atoms with Gasteiger partial charge in [0.25, 0.3) is 0 Å². The number of nitroso groups, excluding NO2 is 1. The fraction of sp³-hybridized carbons (Fsp3) is 0.125. The first kappa shape index (κ1) is 10.4. The van der Waals surface area contributed by atoms with Crippen LogP contribution in [0.1, 0.15) is 15.9 Å². The molecule has 1 rings (SSSR count). The zero-order valence-corrected chi connectivity index (χ0v) is 6.71. The van der Waals surface area contributed by atoms with Gasteiger partial charge in [0.2, 0.25) is 0 Å². The Labute approximate surface area is 76.5 Å². The maximum absolute atomic E-state index is 12.2. The molecule has 0 radical (unpaired) electrons. The van der Waals surface area contributed by atoms with Crippen LogP contribution in [-0.2, 0) is 6.18 Å². The Bertz CT molecular complexity index is 373. The van der Waals surface area contributed by atoms with Crippen molar-refractivity contribution in [2.24, 2.45) is 5.18 Å². The number of halogens is 3. The number of carbonyl (C=O) groups is 1. The van der Waals surface area contributed by atoms with E-state index < -0.39 is 23.2 Å². The van der Waals surface area contributed by atoms with Gasteiger partial charge in [-0.2, -0.15) is 13.2 Å². The molecule has 1 amide bonds. The summed E-state index contributed by atoms with van der Waals surface area (Å²) >= 11 is 0. The first-order chi connectivity index (χ1) is 6.46. The number of rotatable bonds is 1. The lowest BCUT2D eigenvalue weighted by atomic mass is 10.1. The van der Waals surface area contributed by atoms with E-state index in [2.05, 4.69) is 0 Å². The molecule has 0 aliphatic rings. The lowest BCUT2D eigenvalue weighted by Gasteiger charge is -2.08. The van der Waals surface area contributed by atoms with E-state index >= 15 is 0 Å². The summed E-state index contributed by atoms with van der Waals surface area (Å²) in [7, 11) is 0. The zero-order chi connectivity index (χ0) is 10.8. The van der Waals surface area contributed by atoms with E-state index in [0.717, 1.165) is 18.2 Å². The van der Waals surface area contributed by atoms with Crippen LogP contribution in [0.5, 0.6) is 0 Å². The Kier molecular flexibility index (Phi) is 2.64. The maximum Gasteiger partial charge on any atom is 0.417 e. The Morgan fingerprint density at radius 1 is 1.21 bits per heavy atom. The predicted octanol–water partition coefficient (Wildman–Crippen LogP) is 2.61. The van der Waals surface area contributed by atoms with Crippen molar-refractivity contribution in [3.05, 3.63) is 40.3 Å². The van der Waals surface area contributed by atoms with E-state index in [1.807, 2.05) is 5.18 Å². The third kappa shape index (κ3) is 1.95. The van der Waals surface area contributed by atoms with E-state index in [0.29, 0.717) is 0 Å². The van der Waals surface area contributed by atoms with Crippen LogP contribution in [0.4, 0.5) is 13.2 Å². The van der Waals surface area contributed by atoms with Gasteiger partial charge in [-0.25, -0.2) is 0 Å². The molecule has 6 heteroatoms. The number of hydrogen-bond acceptors (Lipinski definition) is 2. The molecule has 0 atom stereocenters. The van der Waals surface area contributed by atoms with Crippen LogP contribution in [-0.4, -0.2) is 5.91 Å². The van der Waals surface area contributed by atoms with Crippen LogP contribution in [0.2, 0.25) is 0 Å². The van der Waals surface area contributed by atoms with Crippen LogP contribution >= 0.6 is 0 Å². The molecule has 1 aromatic carbocycles. The average molecular weight is 203 g/mol. The van der Waals surface area contributed by atoms with Crippen LogP contribution in [0.25, 0.3) is 0 Å². The Morgan fingerprint density at radius 3 is 2.29 bits per heavy atom. The van der Waals surface area contributed by atoms with Crippen LogP contribution in [0, 0.1) is 4.91 Å². The van der Waals surface area contributed by atoms with Gasteiger partial charge < -0.3 is 0 Å². The van der Waals surface area contributed by atoms with Crippen molar-refractivity contribution in [3.8, 4) is 0 Å². The number of alkyl halides is 3. The highest BCUT2D eigenvalue weighted by atomic mass is 19.4. The van der Waals surface area contributed by atoms with Crippen molar-refractivity contribution in [2.75, 3.05) is 0 Å². The standard InChI is InChI=1S/C8H4F3NO2/c9-8(10,11)6-4-2-1-3-5(6)7(13)12-14/h1-4H. The Balaban J connectivity index is 3.30. The summed E-state index contributed by atoms with van der Waals surface area (Å²) in [6.45, 7) is 0. The Morgan fingerprint density at radius 2 is 1.79 bits per heavy atom. The molecule has 74 valence electrons. The van der Waals surface area contributed by atoms with Crippen molar-refractivity contribution in [1.82, 2.24) is 0 Å². The van der Waals surface area contributed by atoms with Gasteiger partial charge in [0, 0.05) is 5.18 Å². The third-order valence-electron chi connectivity index (χ3n) is 1.55. The number of hydrogen-bond donors (Lipinski definition) is 0.